The molecule has 1 atom stereocenters. The molecule has 1 rings (SSSR count). The summed E-state index contributed by atoms with van der Waals surface area (Å²) in [6.07, 6.45) is 0. The van der Waals surface area contributed by atoms with Gasteiger partial charge in [0.25, 0.3) is 0 Å². The van der Waals surface area contributed by atoms with Crippen molar-refractivity contribution in [2.24, 2.45) is 0 Å². The van der Waals surface area contributed by atoms with E-state index in [2.05, 4.69) is 6.58 Å². The van der Waals surface area contributed by atoms with Crippen molar-refractivity contribution in [2.75, 3.05) is 0 Å². The molecule has 0 nitrogen and oxygen atoms in total. The van der Waals surface area contributed by atoms with Gasteiger partial charge in [0.2, 0.25) is 0 Å². The second kappa shape index (κ2) is 4.21. The van der Waals surface area contributed by atoms with Crippen LogP contribution in [0.1, 0.15) is 6.92 Å². The van der Waals surface area contributed by atoms with Crippen LogP contribution in [0.25, 0.3) is 0 Å². The topological polar surface area (TPSA) is 0 Å². The third-order valence-electron chi connectivity index (χ3n) is 1.99. The molecule has 0 amide bonds. The molecule has 0 saturated carbocycles. The van der Waals surface area contributed by atoms with Crippen molar-refractivity contribution >= 4 is 14.0 Å². The maximum absolute atomic E-state index is 12.9. The molecule has 0 fully saturated rings. The third kappa shape index (κ3) is 2.05. The van der Waals surface area contributed by atoms with Crippen molar-refractivity contribution < 1.29 is 4.39 Å². The summed E-state index contributed by atoms with van der Waals surface area (Å²) in [6, 6.07) is 10.7. The Bertz CT molecular complexity index is 256. The highest BCUT2D eigenvalue weighted by Crippen LogP contribution is 2.04. The largest absolute Gasteiger partial charge is 0.218 e. The van der Waals surface area contributed by atoms with Crippen molar-refractivity contribution in [3.63, 3.8) is 0 Å². The molecule has 1 unspecified atom stereocenters. The lowest BCUT2D eigenvalue weighted by molar-refractivity contribution is 0.691. The summed E-state index contributed by atoms with van der Waals surface area (Å²) in [5.74, 6) is 0. The normalized spacial score (nSPS) is 12.5. The molecule has 0 N–H and O–H groups in total. The van der Waals surface area contributed by atoms with Gasteiger partial charge in [-0.3, -0.25) is 0 Å². The zero-order chi connectivity index (χ0) is 8.97. The van der Waals surface area contributed by atoms with Crippen LogP contribution in [0.15, 0.2) is 42.4 Å². The summed E-state index contributed by atoms with van der Waals surface area (Å²) in [4.78, 5) is 0. The van der Waals surface area contributed by atoms with Gasteiger partial charge in [0, 0.05) is 0 Å². The van der Waals surface area contributed by atoms with E-state index in [4.69, 9.17) is 0 Å². The minimum Gasteiger partial charge on any atom is -0.218 e. The van der Waals surface area contributed by atoms with Gasteiger partial charge in [0.1, 0.15) is 8.80 Å². The number of hydrogen-bond donors (Lipinski definition) is 0. The second-order valence-electron chi connectivity index (χ2n) is 2.82. The summed E-state index contributed by atoms with van der Waals surface area (Å²) in [7, 11) is -1.51. The van der Waals surface area contributed by atoms with Gasteiger partial charge in [0.05, 0.1) is 5.45 Å². The van der Waals surface area contributed by atoms with Crippen molar-refractivity contribution in [3.05, 3.63) is 42.4 Å². The van der Waals surface area contributed by atoms with Gasteiger partial charge in [-0.15, -0.1) is 0 Å². The van der Waals surface area contributed by atoms with Crippen LogP contribution in [0.3, 0.4) is 0 Å². The molecule has 0 aromatic heterocycles. The fourth-order valence-electron chi connectivity index (χ4n) is 1.32. The van der Waals surface area contributed by atoms with Crippen LogP contribution >= 0.6 is 0 Å². The molecule has 12 heavy (non-hydrogen) atoms. The lowest BCUT2D eigenvalue weighted by Gasteiger charge is -2.09. The monoisotopic (exact) mass is 180 g/mol. The number of benzene rings is 1. The number of rotatable bonds is 3. The summed E-state index contributed by atoms with van der Waals surface area (Å²) < 4.78 is 12.9. The predicted molar refractivity (Wildman–Crippen MR) is 54.0 cm³/mol. The van der Waals surface area contributed by atoms with Gasteiger partial charge in [-0.1, -0.05) is 55.1 Å². The van der Waals surface area contributed by atoms with E-state index in [-0.39, 0.29) is 5.45 Å². The SMILES string of the molecule is C=C(F)[SiH](CC)c1ccccc1. The highest BCUT2D eigenvalue weighted by atomic mass is 28.3. The molecule has 0 bridgehead atoms. The first-order chi connectivity index (χ1) is 5.75. The first-order valence-electron chi connectivity index (χ1n) is 4.15. The Kier molecular flexibility index (Phi) is 3.23. The lowest BCUT2D eigenvalue weighted by Crippen LogP contribution is -2.29. The van der Waals surface area contributed by atoms with Crippen LogP contribution in [0, 0.1) is 0 Å². The van der Waals surface area contributed by atoms with Crippen molar-refractivity contribution in [2.45, 2.75) is 13.0 Å². The maximum Gasteiger partial charge on any atom is 0.138 e. The van der Waals surface area contributed by atoms with Crippen LogP contribution in [-0.4, -0.2) is 8.80 Å². The van der Waals surface area contributed by atoms with E-state index < -0.39 is 8.80 Å². The van der Waals surface area contributed by atoms with Crippen LogP contribution in [0.5, 0.6) is 0 Å². The summed E-state index contributed by atoms with van der Waals surface area (Å²) in [5, 5.41) is 1.15. The molecule has 1 aromatic carbocycles. The summed E-state index contributed by atoms with van der Waals surface area (Å²) >= 11 is 0. The van der Waals surface area contributed by atoms with E-state index in [0.717, 1.165) is 11.2 Å². The molecular weight excluding hydrogens is 167 g/mol. The van der Waals surface area contributed by atoms with Gasteiger partial charge in [-0.25, -0.2) is 4.39 Å². The molecular formula is C10H13FSi. The minimum absolute atomic E-state index is 0.108. The van der Waals surface area contributed by atoms with Crippen molar-refractivity contribution in [1.29, 1.82) is 0 Å². The Hall–Kier alpha value is -0.893. The van der Waals surface area contributed by atoms with Crippen LogP contribution in [0.2, 0.25) is 6.04 Å². The zero-order valence-corrected chi connectivity index (χ0v) is 8.41. The van der Waals surface area contributed by atoms with E-state index in [9.17, 15) is 4.39 Å². The van der Waals surface area contributed by atoms with Crippen LogP contribution in [-0.2, 0) is 0 Å². The summed E-state index contributed by atoms with van der Waals surface area (Å²) in [6.45, 7) is 5.42. The standard InChI is InChI=1S/C10H13FSi/c1-3-12(9(2)11)10-7-5-4-6-8-10/h4-8,12H,2-3H2,1H3. The molecule has 0 aliphatic rings. The second-order valence-corrected chi connectivity index (χ2v) is 6.03. The molecule has 0 radical (unpaired) electrons. The van der Waals surface area contributed by atoms with E-state index in [1.807, 2.05) is 37.3 Å². The fraction of sp³-hybridized carbons (Fsp3) is 0.200. The molecule has 0 heterocycles. The first-order valence-corrected chi connectivity index (χ1v) is 6.12. The van der Waals surface area contributed by atoms with Gasteiger partial charge >= 0.3 is 0 Å². The molecule has 0 aliphatic heterocycles. The lowest BCUT2D eigenvalue weighted by atomic mass is 10.4. The predicted octanol–water partition coefficient (Wildman–Crippen LogP) is 2.16. The average molecular weight is 180 g/mol. The van der Waals surface area contributed by atoms with E-state index in [1.54, 1.807) is 0 Å². The first kappa shape index (κ1) is 9.20. The molecule has 64 valence electrons. The van der Waals surface area contributed by atoms with E-state index >= 15 is 0 Å². The van der Waals surface area contributed by atoms with Gasteiger partial charge in [0.15, 0.2) is 0 Å². The Labute approximate surface area is 74.3 Å². The van der Waals surface area contributed by atoms with Crippen molar-refractivity contribution in [1.82, 2.24) is 0 Å². The zero-order valence-electron chi connectivity index (χ0n) is 7.26. The van der Waals surface area contributed by atoms with E-state index in [1.165, 1.54) is 0 Å². The van der Waals surface area contributed by atoms with Crippen molar-refractivity contribution in [3.8, 4) is 0 Å². The maximum atomic E-state index is 12.9. The Balaban J connectivity index is 2.88. The van der Waals surface area contributed by atoms with E-state index in [0.29, 0.717) is 0 Å². The Morgan fingerprint density at radius 3 is 2.42 bits per heavy atom. The van der Waals surface area contributed by atoms with Gasteiger partial charge < -0.3 is 0 Å². The minimum atomic E-state index is -1.51. The Morgan fingerprint density at radius 1 is 1.42 bits per heavy atom. The van der Waals surface area contributed by atoms with Gasteiger partial charge in [-0.2, -0.15) is 0 Å². The highest BCUT2D eigenvalue weighted by Gasteiger charge is 2.13. The van der Waals surface area contributed by atoms with Gasteiger partial charge in [-0.05, 0) is 0 Å². The quantitative estimate of drug-likeness (QED) is 0.625. The number of hydrogen-bond acceptors (Lipinski definition) is 0. The smallest absolute Gasteiger partial charge is 0.138 e. The molecule has 2 heteroatoms. The molecule has 0 aliphatic carbocycles. The average Bonchev–Trinajstić information content (AvgIpc) is 2.07. The molecule has 1 aromatic rings. The van der Waals surface area contributed by atoms with Crippen LogP contribution < -0.4 is 5.19 Å². The highest BCUT2D eigenvalue weighted by molar-refractivity contribution is 6.78. The molecule has 0 spiro atoms. The Morgan fingerprint density at radius 2 is 2.00 bits per heavy atom. The molecule has 0 saturated heterocycles. The fourth-order valence-corrected chi connectivity index (χ4v) is 3.29. The third-order valence-corrected chi connectivity index (χ3v) is 4.75. The number of halogens is 1. The summed E-state index contributed by atoms with van der Waals surface area (Å²) in [5.41, 5.74) is -0.108. The van der Waals surface area contributed by atoms with Crippen LogP contribution in [0.4, 0.5) is 4.39 Å².